The Hall–Kier alpha value is -2.42. The first-order valence-corrected chi connectivity index (χ1v) is 6.82. The number of hydrogen-bond acceptors (Lipinski definition) is 5. The third-order valence-corrected chi connectivity index (χ3v) is 3.53. The molecule has 1 aromatic carbocycles. The van der Waals surface area contributed by atoms with Crippen LogP contribution in [0.4, 0.5) is 13.2 Å². The van der Waals surface area contributed by atoms with E-state index in [-0.39, 0.29) is 18.3 Å². The second-order valence-corrected chi connectivity index (χ2v) is 5.16. The third kappa shape index (κ3) is 3.19. The molecule has 0 saturated carbocycles. The van der Waals surface area contributed by atoms with Gasteiger partial charge in [0.1, 0.15) is 6.23 Å². The lowest BCUT2D eigenvalue weighted by atomic mass is 10.1. The van der Waals surface area contributed by atoms with E-state index in [1.807, 2.05) is 0 Å². The fraction of sp³-hybridized carbons (Fsp3) is 0.357. The number of aliphatic hydroxyl groups excluding tert-OH is 1. The highest BCUT2D eigenvalue weighted by Gasteiger charge is 2.38. The molecule has 2 heterocycles. The monoisotopic (exact) mass is 327 g/mol. The Labute approximate surface area is 128 Å². The maximum Gasteiger partial charge on any atom is 0.471 e. The molecule has 1 saturated heterocycles. The van der Waals surface area contributed by atoms with Crippen LogP contribution >= 0.6 is 0 Å². The lowest BCUT2D eigenvalue weighted by Gasteiger charge is -2.20. The summed E-state index contributed by atoms with van der Waals surface area (Å²) in [5.74, 6) is -1.70. The molecule has 1 aromatic heterocycles. The molecular formula is C14H12F3N3O3. The van der Waals surface area contributed by atoms with Gasteiger partial charge in [-0.3, -0.25) is 4.79 Å². The van der Waals surface area contributed by atoms with Crippen molar-refractivity contribution >= 4 is 5.91 Å². The summed E-state index contributed by atoms with van der Waals surface area (Å²) in [4.78, 5) is 16.3. The van der Waals surface area contributed by atoms with Crippen LogP contribution in [-0.4, -0.2) is 32.3 Å². The van der Waals surface area contributed by atoms with Gasteiger partial charge in [0.2, 0.25) is 11.7 Å². The highest BCUT2D eigenvalue weighted by molar-refractivity contribution is 5.78. The summed E-state index contributed by atoms with van der Waals surface area (Å²) in [5.41, 5.74) is 1.10. The molecule has 0 radical (unpaired) electrons. The van der Waals surface area contributed by atoms with Crippen molar-refractivity contribution in [3.05, 3.63) is 35.7 Å². The largest absolute Gasteiger partial charge is 0.471 e. The number of hydrogen-bond donors (Lipinski definition) is 1. The molecule has 9 heteroatoms. The molecular weight excluding hydrogens is 315 g/mol. The van der Waals surface area contributed by atoms with Gasteiger partial charge >= 0.3 is 12.1 Å². The number of carbonyl (C=O) groups is 1. The molecule has 1 N–H and O–H groups in total. The SMILES string of the molecule is O=C1CCC(O)N1Cc1ccc(-c2noc(C(F)(F)F)n2)cc1. The number of aliphatic hydroxyl groups is 1. The van der Waals surface area contributed by atoms with Gasteiger partial charge in [-0.2, -0.15) is 18.2 Å². The summed E-state index contributed by atoms with van der Waals surface area (Å²) in [6, 6.07) is 6.34. The third-order valence-electron chi connectivity index (χ3n) is 3.53. The predicted octanol–water partition coefficient (Wildman–Crippen LogP) is 2.20. The topological polar surface area (TPSA) is 79.5 Å². The van der Waals surface area contributed by atoms with Crippen LogP contribution in [0.15, 0.2) is 28.8 Å². The standard InChI is InChI=1S/C14H12F3N3O3/c15-14(16,17)13-18-12(19-23-13)9-3-1-8(2-4-9)7-20-10(21)5-6-11(20)22/h1-4,10,21H,5-7H2. The summed E-state index contributed by atoms with van der Waals surface area (Å²) in [6.45, 7) is 0.236. The Balaban J connectivity index is 1.74. The molecule has 6 nitrogen and oxygen atoms in total. The lowest BCUT2D eigenvalue weighted by Crippen LogP contribution is -2.31. The molecule has 0 bridgehead atoms. The van der Waals surface area contributed by atoms with E-state index < -0.39 is 18.3 Å². The number of carbonyl (C=O) groups excluding carboxylic acids is 1. The maximum absolute atomic E-state index is 12.4. The first-order valence-electron chi connectivity index (χ1n) is 6.82. The van der Waals surface area contributed by atoms with Crippen molar-refractivity contribution in [1.29, 1.82) is 0 Å². The molecule has 0 spiro atoms. The Morgan fingerprint density at radius 1 is 1.30 bits per heavy atom. The predicted molar refractivity (Wildman–Crippen MR) is 70.5 cm³/mol. The van der Waals surface area contributed by atoms with Crippen LogP contribution < -0.4 is 0 Å². The van der Waals surface area contributed by atoms with Crippen molar-refractivity contribution in [3.63, 3.8) is 0 Å². The van der Waals surface area contributed by atoms with Crippen LogP contribution in [0.5, 0.6) is 0 Å². The van der Waals surface area contributed by atoms with Crippen LogP contribution in [0.3, 0.4) is 0 Å². The molecule has 1 aliphatic rings. The number of alkyl halides is 3. The summed E-state index contributed by atoms with van der Waals surface area (Å²) in [5, 5.41) is 13.0. The average molecular weight is 327 g/mol. The number of halogens is 3. The first-order chi connectivity index (χ1) is 10.8. The van der Waals surface area contributed by atoms with Crippen molar-refractivity contribution in [3.8, 4) is 11.4 Å². The Bertz CT molecular complexity index is 712. The minimum Gasteiger partial charge on any atom is -0.373 e. The van der Waals surface area contributed by atoms with Gasteiger partial charge in [0.05, 0.1) is 0 Å². The Kier molecular flexibility index (Phi) is 3.80. The number of aromatic nitrogens is 2. The minimum absolute atomic E-state index is 0.130. The van der Waals surface area contributed by atoms with Crippen molar-refractivity contribution in [2.24, 2.45) is 0 Å². The van der Waals surface area contributed by atoms with Crippen LogP contribution in [0.25, 0.3) is 11.4 Å². The van der Waals surface area contributed by atoms with Gasteiger partial charge in [-0.05, 0) is 5.56 Å². The van der Waals surface area contributed by atoms with E-state index in [0.717, 1.165) is 5.56 Å². The molecule has 1 unspecified atom stereocenters. The fourth-order valence-corrected chi connectivity index (χ4v) is 2.32. The van der Waals surface area contributed by atoms with E-state index >= 15 is 0 Å². The fourth-order valence-electron chi connectivity index (χ4n) is 2.32. The van der Waals surface area contributed by atoms with Gasteiger partial charge in [-0.15, -0.1) is 0 Å². The van der Waals surface area contributed by atoms with E-state index in [1.165, 1.54) is 17.0 Å². The zero-order valence-corrected chi connectivity index (χ0v) is 11.7. The summed E-state index contributed by atoms with van der Waals surface area (Å²) >= 11 is 0. The molecule has 122 valence electrons. The normalized spacial score (nSPS) is 18.7. The molecule has 1 aliphatic heterocycles. The summed E-state index contributed by atoms with van der Waals surface area (Å²) < 4.78 is 41.5. The molecule has 23 heavy (non-hydrogen) atoms. The summed E-state index contributed by atoms with van der Waals surface area (Å²) in [6.07, 6.45) is -4.77. The number of nitrogens with zero attached hydrogens (tertiary/aromatic N) is 3. The zero-order chi connectivity index (χ0) is 16.6. The van der Waals surface area contributed by atoms with Crippen molar-refractivity contribution in [2.45, 2.75) is 31.8 Å². The van der Waals surface area contributed by atoms with Gasteiger partial charge in [-0.25, -0.2) is 0 Å². The van der Waals surface area contributed by atoms with E-state index in [9.17, 15) is 23.1 Å². The second kappa shape index (κ2) is 5.65. The summed E-state index contributed by atoms with van der Waals surface area (Å²) in [7, 11) is 0. The number of likely N-dealkylation sites (tertiary alicyclic amines) is 1. The minimum atomic E-state index is -4.68. The highest BCUT2D eigenvalue weighted by Crippen LogP contribution is 2.29. The quantitative estimate of drug-likeness (QED) is 0.935. The molecule has 1 atom stereocenters. The molecule has 1 fully saturated rings. The molecule has 0 aliphatic carbocycles. The van der Waals surface area contributed by atoms with Crippen LogP contribution in [0.1, 0.15) is 24.3 Å². The average Bonchev–Trinajstić information content (AvgIpc) is 3.10. The van der Waals surface area contributed by atoms with Crippen molar-refractivity contribution in [2.75, 3.05) is 0 Å². The maximum atomic E-state index is 12.4. The van der Waals surface area contributed by atoms with Gasteiger partial charge in [-0.1, -0.05) is 29.4 Å². The second-order valence-electron chi connectivity index (χ2n) is 5.16. The first kappa shape index (κ1) is 15.5. The molecule has 1 amide bonds. The smallest absolute Gasteiger partial charge is 0.373 e. The van der Waals surface area contributed by atoms with Gasteiger partial charge in [0.25, 0.3) is 0 Å². The highest BCUT2D eigenvalue weighted by atomic mass is 19.4. The van der Waals surface area contributed by atoms with E-state index in [4.69, 9.17) is 0 Å². The van der Waals surface area contributed by atoms with Gasteiger partial charge in [0, 0.05) is 24.9 Å². The van der Waals surface area contributed by atoms with E-state index in [0.29, 0.717) is 18.4 Å². The van der Waals surface area contributed by atoms with Crippen LogP contribution in [-0.2, 0) is 17.5 Å². The van der Waals surface area contributed by atoms with Crippen molar-refractivity contribution in [1.82, 2.24) is 15.0 Å². The number of benzene rings is 1. The Morgan fingerprint density at radius 2 is 2.00 bits per heavy atom. The lowest BCUT2D eigenvalue weighted by molar-refractivity contribution is -0.159. The van der Waals surface area contributed by atoms with Gasteiger partial charge in [0.15, 0.2) is 0 Å². The number of amides is 1. The molecule has 2 aromatic rings. The Morgan fingerprint density at radius 3 is 2.52 bits per heavy atom. The van der Waals surface area contributed by atoms with E-state index in [1.54, 1.807) is 12.1 Å². The van der Waals surface area contributed by atoms with E-state index in [2.05, 4.69) is 14.7 Å². The molecule has 3 rings (SSSR count). The van der Waals surface area contributed by atoms with Crippen LogP contribution in [0, 0.1) is 0 Å². The zero-order valence-electron chi connectivity index (χ0n) is 11.7. The number of rotatable bonds is 3. The van der Waals surface area contributed by atoms with Crippen molar-refractivity contribution < 1.29 is 27.6 Å². The van der Waals surface area contributed by atoms with Gasteiger partial charge < -0.3 is 14.5 Å². The van der Waals surface area contributed by atoms with Crippen LogP contribution in [0.2, 0.25) is 0 Å².